The zero-order valence-corrected chi connectivity index (χ0v) is 10.7. The van der Waals surface area contributed by atoms with Gasteiger partial charge in [0.15, 0.2) is 0 Å². The number of allylic oxidation sites excluding steroid dienone is 6. The first kappa shape index (κ1) is 15.2. The molecule has 0 heterocycles. The first-order valence-electron chi connectivity index (χ1n) is 6.56. The average Bonchev–Trinajstić information content (AvgIpc) is 2.31. The van der Waals surface area contributed by atoms with Crippen LogP contribution in [0.25, 0.3) is 0 Å². The summed E-state index contributed by atoms with van der Waals surface area (Å²) in [5, 5.41) is 0. The summed E-state index contributed by atoms with van der Waals surface area (Å²) in [6, 6.07) is 0. The van der Waals surface area contributed by atoms with Crippen molar-refractivity contribution in [1.29, 1.82) is 0 Å². The predicted octanol–water partition coefficient (Wildman–Crippen LogP) is 4.36. The van der Waals surface area contributed by atoms with E-state index in [0.29, 0.717) is 0 Å². The van der Waals surface area contributed by atoms with E-state index in [4.69, 9.17) is 5.73 Å². The van der Waals surface area contributed by atoms with Crippen LogP contribution in [0, 0.1) is 0 Å². The van der Waals surface area contributed by atoms with Crippen molar-refractivity contribution in [3.63, 3.8) is 0 Å². The van der Waals surface area contributed by atoms with Gasteiger partial charge in [0.2, 0.25) is 0 Å². The summed E-state index contributed by atoms with van der Waals surface area (Å²) in [7, 11) is 0. The highest BCUT2D eigenvalue weighted by Gasteiger charge is 1.83. The molecule has 0 aromatic heterocycles. The number of nitrogens with two attached hydrogens (primary N) is 1. The van der Waals surface area contributed by atoms with Crippen molar-refractivity contribution in [3.8, 4) is 0 Å². The maximum absolute atomic E-state index is 5.43. The van der Waals surface area contributed by atoms with Gasteiger partial charge in [-0.15, -0.1) is 0 Å². The Hall–Kier alpha value is -0.820. The van der Waals surface area contributed by atoms with Crippen LogP contribution in [-0.4, -0.2) is 6.54 Å². The van der Waals surface area contributed by atoms with Crippen molar-refractivity contribution < 1.29 is 0 Å². The van der Waals surface area contributed by atoms with Crippen LogP contribution in [0.3, 0.4) is 0 Å². The van der Waals surface area contributed by atoms with E-state index >= 15 is 0 Å². The molecule has 0 saturated carbocycles. The molecule has 0 fully saturated rings. The first-order chi connectivity index (χ1) is 7.91. The number of unbranched alkanes of at least 4 members (excludes halogenated alkanes) is 3. The molecule has 0 bridgehead atoms. The van der Waals surface area contributed by atoms with Crippen molar-refractivity contribution >= 4 is 0 Å². The lowest BCUT2D eigenvalue weighted by Crippen LogP contribution is -1.97. The van der Waals surface area contributed by atoms with Crippen molar-refractivity contribution in [2.45, 2.75) is 51.9 Å². The third-order valence-electron chi connectivity index (χ3n) is 2.35. The second-order valence-corrected chi connectivity index (χ2v) is 3.93. The second kappa shape index (κ2) is 14.2. The van der Waals surface area contributed by atoms with E-state index in [1.165, 1.54) is 19.3 Å². The lowest BCUT2D eigenvalue weighted by molar-refractivity contribution is 0.695. The van der Waals surface area contributed by atoms with E-state index in [1.807, 2.05) is 0 Å². The highest BCUT2D eigenvalue weighted by Crippen LogP contribution is 2.00. The summed E-state index contributed by atoms with van der Waals surface area (Å²) in [5.74, 6) is 0. The summed E-state index contributed by atoms with van der Waals surface area (Å²) in [6.45, 7) is 2.99. The molecule has 0 rings (SSSR count). The summed E-state index contributed by atoms with van der Waals surface area (Å²) in [4.78, 5) is 0. The van der Waals surface area contributed by atoms with Crippen LogP contribution in [-0.2, 0) is 0 Å². The molecule has 0 unspecified atom stereocenters. The Bertz CT molecular complexity index is 201. The molecule has 1 heteroatoms. The minimum absolute atomic E-state index is 0.831. The van der Waals surface area contributed by atoms with Crippen molar-refractivity contribution in [2.24, 2.45) is 5.73 Å². The largest absolute Gasteiger partial charge is 0.330 e. The average molecular weight is 221 g/mol. The lowest BCUT2D eigenvalue weighted by Gasteiger charge is -1.93. The monoisotopic (exact) mass is 221 g/mol. The van der Waals surface area contributed by atoms with Crippen LogP contribution in [0.5, 0.6) is 0 Å². The van der Waals surface area contributed by atoms with E-state index < -0.39 is 0 Å². The van der Waals surface area contributed by atoms with Gasteiger partial charge in [-0.2, -0.15) is 0 Å². The van der Waals surface area contributed by atoms with E-state index in [0.717, 1.165) is 32.2 Å². The maximum Gasteiger partial charge on any atom is -0.00773 e. The molecular weight excluding hydrogens is 194 g/mol. The van der Waals surface area contributed by atoms with Crippen LogP contribution in [0.4, 0.5) is 0 Å². The van der Waals surface area contributed by atoms with Gasteiger partial charge in [-0.05, 0) is 45.1 Å². The minimum Gasteiger partial charge on any atom is -0.330 e. The van der Waals surface area contributed by atoms with Gasteiger partial charge in [0.05, 0.1) is 0 Å². The molecule has 1 nitrogen and oxygen atoms in total. The van der Waals surface area contributed by atoms with E-state index in [-0.39, 0.29) is 0 Å². The first-order valence-corrected chi connectivity index (χ1v) is 6.56. The summed E-state index contributed by atoms with van der Waals surface area (Å²) in [6.07, 6.45) is 21.6. The van der Waals surface area contributed by atoms with Crippen LogP contribution in [0.1, 0.15) is 51.9 Å². The van der Waals surface area contributed by atoms with Gasteiger partial charge < -0.3 is 5.73 Å². The highest BCUT2D eigenvalue weighted by molar-refractivity contribution is 4.96. The maximum atomic E-state index is 5.43. The summed E-state index contributed by atoms with van der Waals surface area (Å²) < 4.78 is 0. The normalized spacial score (nSPS) is 12.4. The Labute approximate surface area is 101 Å². The van der Waals surface area contributed by atoms with Crippen LogP contribution < -0.4 is 5.73 Å². The van der Waals surface area contributed by atoms with Gasteiger partial charge in [0, 0.05) is 0 Å². The molecular formula is C15H27N. The van der Waals surface area contributed by atoms with Crippen LogP contribution >= 0.6 is 0 Å². The SMILES string of the molecule is CC/C=C\C/C=C\C/C=C\CCCCCN. The fourth-order valence-corrected chi connectivity index (χ4v) is 1.41. The molecule has 0 saturated heterocycles. The number of hydrogen-bond donors (Lipinski definition) is 1. The quantitative estimate of drug-likeness (QED) is 0.430. The number of hydrogen-bond acceptors (Lipinski definition) is 1. The van der Waals surface area contributed by atoms with Gasteiger partial charge in [0.1, 0.15) is 0 Å². The van der Waals surface area contributed by atoms with Gasteiger partial charge in [0.25, 0.3) is 0 Å². The molecule has 0 aliphatic heterocycles. The molecule has 0 atom stereocenters. The smallest absolute Gasteiger partial charge is 0.00773 e. The van der Waals surface area contributed by atoms with E-state index in [9.17, 15) is 0 Å². The topological polar surface area (TPSA) is 26.0 Å². The third kappa shape index (κ3) is 13.2. The zero-order valence-electron chi connectivity index (χ0n) is 10.7. The summed E-state index contributed by atoms with van der Waals surface area (Å²) >= 11 is 0. The van der Waals surface area contributed by atoms with Crippen molar-refractivity contribution in [2.75, 3.05) is 6.54 Å². The van der Waals surface area contributed by atoms with Gasteiger partial charge in [-0.3, -0.25) is 0 Å². The molecule has 0 aromatic rings. The molecule has 16 heavy (non-hydrogen) atoms. The van der Waals surface area contributed by atoms with Gasteiger partial charge in [-0.25, -0.2) is 0 Å². The minimum atomic E-state index is 0.831. The van der Waals surface area contributed by atoms with Gasteiger partial charge >= 0.3 is 0 Å². The predicted molar refractivity (Wildman–Crippen MR) is 74.5 cm³/mol. The standard InChI is InChI=1S/C15H27N/c1-2-3-4-5-6-7-8-9-10-11-12-13-14-15-16/h3-4,6-7,9-10H,2,5,8,11-16H2,1H3/b4-3-,7-6-,10-9-. The molecule has 0 aliphatic rings. The molecule has 0 spiro atoms. The molecule has 2 N–H and O–H groups in total. The van der Waals surface area contributed by atoms with E-state index in [1.54, 1.807) is 0 Å². The zero-order chi connectivity index (χ0) is 11.9. The molecule has 0 amide bonds. The number of rotatable bonds is 10. The Kier molecular flexibility index (Phi) is 13.5. The molecule has 0 aromatic carbocycles. The van der Waals surface area contributed by atoms with Crippen molar-refractivity contribution in [1.82, 2.24) is 0 Å². The Morgan fingerprint density at radius 3 is 2.00 bits per heavy atom. The Balaban J connectivity index is 3.23. The third-order valence-corrected chi connectivity index (χ3v) is 2.35. The lowest BCUT2D eigenvalue weighted by atomic mass is 10.2. The second-order valence-electron chi connectivity index (χ2n) is 3.93. The van der Waals surface area contributed by atoms with Gasteiger partial charge in [-0.1, -0.05) is 49.8 Å². The van der Waals surface area contributed by atoms with Crippen molar-refractivity contribution in [3.05, 3.63) is 36.5 Å². The molecule has 92 valence electrons. The fourth-order valence-electron chi connectivity index (χ4n) is 1.41. The molecule has 0 aliphatic carbocycles. The van der Waals surface area contributed by atoms with Crippen LogP contribution in [0.2, 0.25) is 0 Å². The fraction of sp³-hybridized carbons (Fsp3) is 0.600. The van der Waals surface area contributed by atoms with Crippen LogP contribution in [0.15, 0.2) is 36.5 Å². The molecule has 0 radical (unpaired) electrons. The Morgan fingerprint density at radius 2 is 1.38 bits per heavy atom. The van der Waals surface area contributed by atoms with E-state index in [2.05, 4.69) is 43.4 Å². The summed E-state index contributed by atoms with van der Waals surface area (Å²) in [5.41, 5.74) is 5.43. The highest BCUT2D eigenvalue weighted by atomic mass is 14.5. The Morgan fingerprint density at radius 1 is 0.750 bits per heavy atom.